The molecule has 1 fully saturated rings. The lowest BCUT2D eigenvalue weighted by Crippen LogP contribution is -2.06. The largest absolute Gasteiger partial charge is 0.228 e. The normalized spacial score (nSPS) is 27.1. The molecule has 0 N–H and O–H groups in total. The number of rotatable bonds is 2. The lowest BCUT2D eigenvalue weighted by Gasteiger charge is -2.16. The van der Waals surface area contributed by atoms with E-state index in [0.29, 0.717) is 0 Å². The van der Waals surface area contributed by atoms with E-state index in [9.17, 15) is 0 Å². The van der Waals surface area contributed by atoms with Crippen molar-refractivity contribution in [3.05, 3.63) is 17.0 Å². The van der Waals surface area contributed by atoms with Gasteiger partial charge >= 0.3 is 0 Å². The summed E-state index contributed by atoms with van der Waals surface area (Å²) in [5.41, 5.74) is 4.12. The summed E-state index contributed by atoms with van der Waals surface area (Å²) in [7, 11) is 0. The molecule has 3 rings (SSSR count). The van der Waals surface area contributed by atoms with Crippen LogP contribution in [0.5, 0.6) is 0 Å². The first kappa shape index (κ1) is 9.64. The molecule has 2 unspecified atom stereocenters. The number of fused-ring (bicyclic) bond motifs is 5. The van der Waals surface area contributed by atoms with Crippen LogP contribution in [0.4, 0.5) is 0 Å². The zero-order valence-electron chi connectivity index (χ0n) is 9.29. The lowest BCUT2D eigenvalue weighted by molar-refractivity contribution is 0.668. The van der Waals surface area contributed by atoms with Gasteiger partial charge in [0.05, 0.1) is 5.69 Å². The molecular weight excluding hydrogens is 204 g/mol. The van der Waals surface area contributed by atoms with Crippen LogP contribution in [0, 0.1) is 6.92 Å². The van der Waals surface area contributed by atoms with E-state index < -0.39 is 0 Å². The van der Waals surface area contributed by atoms with Gasteiger partial charge in [-0.25, -0.2) is 9.97 Å². The van der Waals surface area contributed by atoms with Gasteiger partial charge in [-0.05, 0) is 43.4 Å². The van der Waals surface area contributed by atoms with Crippen molar-refractivity contribution < 1.29 is 0 Å². The Morgan fingerprint density at radius 3 is 2.87 bits per heavy atom. The van der Waals surface area contributed by atoms with Crippen LogP contribution in [0.3, 0.4) is 0 Å². The van der Waals surface area contributed by atoms with Crippen LogP contribution in [0.2, 0.25) is 0 Å². The summed E-state index contributed by atoms with van der Waals surface area (Å²) < 4.78 is 0. The average molecular weight is 220 g/mol. The summed E-state index contributed by atoms with van der Waals surface area (Å²) in [6.45, 7) is 4.31. The Kier molecular flexibility index (Phi) is 2.23. The molecule has 0 spiro atoms. The molecule has 1 heterocycles. The molecular formula is C12H16N2S. The number of thioether (sulfide) groups is 1. The fourth-order valence-corrected chi connectivity index (χ4v) is 3.70. The van der Waals surface area contributed by atoms with Crippen molar-refractivity contribution in [1.29, 1.82) is 0 Å². The Labute approximate surface area is 94.9 Å². The third-order valence-corrected chi connectivity index (χ3v) is 4.38. The van der Waals surface area contributed by atoms with E-state index in [1.807, 2.05) is 0 Å². The predicted molar refractivity (Wildman–Crippen MR) is 62.5 cm³/mol. The Bertz CT molecular complexity index is 403. The monoisotopic (exact) mass is 220 g/mol. The zero-order chi connectivity index (χ0) is 10.4. The summed E-state index contributed by atoms with van der Waals surface area (Å²) in [6, 6.07) is 0. The van der Waals surface area contributed by atoms with Gasteiger partial charge in [0.25, 0.3) is 0 Å². The maximum atomic E-state index is 4.74. The van der Waals surface area contributed by atoms with E-state index in [2.05, 4.69) is 18.8 Å². The van der Waals surface area contributed by atoms with Crippen molar-refractivity contribution in [3.8, 4) is 0 Å². The van der Waals surface area contributed by atoms with E-state index in [1.165, 1.54) is 36.2 Å². The van der Waals surface area contributed by atoms with Gasteiger partial charge in [0, 0.05) is 11.6 Å². The van der Waals surface area contributed by atoms with Gasteiger partial charge < -0.3 is 0 Å². The van der Waals surface area contributed by atoms with Crippen LogP contribution >= 0.6 is 11.8 Å². The molecule has 3 heteroatoms. The summed E-state index contributed by atoms with van der Waals surface area (Å²) in [5, 5.41) is 0.987. The molecule has 0 saturated heterocycles. The minimum absolute atomic E-state index is 0.753. The van der Waals surface area contributed by atoms with Crippen molar-refractivity contribution in [3.63, 3.8) is 0 Å². The number of hydrogen-bond donors (Lipinski definition) is 0. The first-order valence-corrected chi connectivity index (χ1v) is 6.79. The van der Waals surface area contributed by atoms with Gasteiger partial charge in [0.2, 0.25) is 0 Å². The van der Waals surface area contributed by atoms with Crippen LogP contribution in [0.25, 0.3) is 0 Å². The predicted octanol–water partition coefficient (Wildman–Crippen LogP) is 3.26. The van der Waals surface area contributed by atoms with E-state index in [0.717, 1.165) is 22.7 Å². The van der Waals surface area contributed by atoms with Gasteiger partial charge in [0.15, 0.2) is 5.16 Å². The fourth-order valence-electron chi connectivity index (χ4n) is 3.08. The van der Waals surface area contributed by atoms with Crippen LogP contribution in [0.15, 0.2) is 5.16 Å². The molecule has 1 aromatic heterocycles. The van der Waals surface area contributed by atoms with Crippen molar-refractivity contribution in [1.82, 2.24) is 9.97 Å². The van der Waals surface area contributed by atoms with Crippen LogP contribution in [0.1, 0.15) is 55.0 Å². The molecule has 0 aromatic carbocycles. The highest BCUT2D eigenvalue weighted by Gasteiger charge is 2.39. The second-order valence-corrected chi connectivity index (χ2v) is 5.76. The van der Waals surface area contributed by atoms with E-state index in [-0.39, 0.29) is 0 Å². The zero-order valence-corrected chi connectivity index (χ0v) is 10.1. The fraction of sp³-hybridized carbons (Fsp3) is 0.667. The van der Waals surface area contributed by atoms with Gasteiger partial charge in [-0.3, -0.25) is 0 Å². The van der Waals surface area contributed by atoms with Crippen molar-refractivity contribution in [2.75, 3.05) is 5.75 Å². The van der Waals surface area contributed by atoms with Crippen molar-refractivity contribution in [2.24, 2.45) is 0 Å². The number of hydrogen-bond acceptors (Lipinski definition) is 3. The smallest absolute Gasteiger partial charge is 0.188 e. The second-order valence-electron chi connectivity index (χ2n) is 4.53. The number of nitrogens with zero attached hydrogens (tertiary/aromatic N) is 2. The van der Waals surface area contributed by atoms with Gasteiger partial charge in [0.1, 0.15) is 0 Å². The Morgan fingerprint density at radius 1 is 1.27 bits per heavy atom. The lowest BCUT2D eigenvalue weighted by atomic mass is 9.95. The first-order chi connectivity index (χ1) is 7.29. The molecule has 0 aliphatic heterocycles. The first-order valence-electron chi connectivity index (χ1n) is 5.80. The molecule has 15 heavy (non-hydrogen) atoms. The molecule has 0 radical (unpaired) electrons. The minimum Gasteiger partial charge on any atom is -0.228 e. The Hall–Kier alpha value is -0.570. The molecule has 1 saturated carbocycles. The average Bonchev–Trinajstić information content (AvgIpc) is 2.78. The maximum absolute atomic E-state index is 4.74. The highest BCUT2D eigenvalue weighted by Crippen LogP contribution is 2.53. The van der Waals surface area contributed by atoms with Crippen LogP contribution < -0.4 is 0 Å². The molecule has 1 aromatic rings. The topological polar surface area (TPSA) is 25.8 Å². The summed E-state index contributed by atoms with van der Waals surface area (Å²) in [4.78, 5) is 9.34. The van der Waals surface area contributed by atoms with Crippen molar-refractivity contribution in [2.45, 2.75) is 50.1 Å². The Morgan fingerprint density at radius 2 is 2.07 bits per heavy atom. The minimum atomic E-state index is 0.753. The van der Waals surface area contributed by atoms with Gasteiger partial charge in [-0.1, -0.05) is 18.7 Å². The quantitative estimate of drug-likeness (QED) is 0.565. The van der Waals surface area contributed by atoms with Gasteiger partial charge in [-0.15, -0.1) is 0 Å². The van der Waals surface area contributed by atoms with E-state index >= 15 is 0 Å². The maximum Gasteiger partial charge on any atom is 0.188 e. The molecule has 2 aliphatic rings. The Balaban J connectivity index is 2.08. The molecule has 80 valence electrons. The second kappa shape index (κ2) is 3.48. The molecule has 2 atom stereocenters. The van der Waals surface area contributed by atoms with Crippen LogP contribution in [-0.2, 0) is 0 Å². The number of aryl methyl sites for hydroxylation is 1. The molecule has 2 nitrogen and oxygen atoms in total. The molecule has 2 aliphatic carbocycles. The SMILES string of the molecule is CCSc1nc(C)c2c(n1)C1CCC2C1. The van der Waals surface area contributed by atoms with Gasteiger partial charge in [-0.2, -0.15) is 0 Å². The highest BCUT2D eigenvalue weighted by molar-refractivity contribution is 7.99. The molecule has 0 amide bonds. The third-order valence-electron chi connectivity index (χ3n) is 3.65. The van der Waals surface area contributed by atoms with Crippen molar-refractivity contribution >= 4 is 11.8 Å². The summed E-state index contributed by atoms with van der Waals surface area (Å²) >= 11 is 1.76. The third kappa shape index (κ3) is 1.40. The summed E-state index contributed by atoms with van der Waals surface area (Å²) in [6.07, 6.45) is 4.05. The van der Waals surface area contributed by atoms with E-state index in [1.54, 1.807) is 11.8 Å². The number of aromatic nitrogens is 2. The molecule has 2 bridgehead atoms. The van der Waals surface area contributed by atoms with E-state index in [4.69, 9.17) is 4.98 Å². The standard InChI is InChI=1S/C12H16N2S/c1-3-15-12-13-7(2)10-8-4-5-9(6-8)11(10)14-12/h8-9H,3-6H2,1-2H3. The summed E-state index contributed by atoms with van der Waals surface area (Å²) in [5.74, 6) is 2.60. The van der Waals surface area contributed by atoms with Crippen LogP contribution in [-0.4, -0.2) is 15.7 Å². The highest BCUT2D eigenvalue weighted by atomic mass is 32.2.